The van der Waals surface area contributed by atoms with Crippen LogP contribution in [-0.2, 0) is 0 Å². The molecule has 2 aliphatic rings. The van der Waals surface area contributed by atoms with Crippen molar-refractivity contribution in [2.45, 2.75) is 58.5 Å². The van der Waals surface area contributed by atoms with Crippen LogP contribution in [0.25, 0.3) is 0 Å². The summed E-state index contributed by atoms with van der Waals surface area (Å²) < 4.78 is 0. The first-order chi connectivity index (χ1) is 6.66. The average Bonchev–Trinajstić information content (AvgIpc) is 2.16. The highest BCUT2D eigenvalue weighted by atomic mass is 16.3. The van der Waals surface area contributed by atoms with Gasteiger partial charge in [-0.2, -0.15) is 0 Å². The zero-order chi connectivity index (χ0) is 10.1. The topological polar surface area (TPSA) is 20.2 Å². The standard InChI is InChI=1S/C13H24O/c1-9(2)10-3-4-12-8-13(14)6-5-11(12)7-10/h9-14H,3-8H2,1-2H3/t10-,11-,12+,13+/m0/s1. The van der Waals surface area contributed by atoms with E-state index in [9.17, 15) is 5.11 Å². The second kappa shape index (κ2) is 4.22. The molecule has 0 unspecified atom stereocenters. The molecule has 2 rings (SSSR count). The van der Waals surface area contributed by atoms with Crippen LogP contribution >= 0.6 is 0 Å². The van der Waals surface area contributed by atoms with E-state index < -0.39 is 0 Å². The normalized spacial score (nSPS) is 43.7. The third-order valence-electron chi connectivity index (χ3n) is 4.57. The van der Waals surface area contributed by atoms with Crippen molar-refractivity contribution < 1.29 is 5.11 Å². The van der Waals surface area contributed by atoms with Gasteiger partial charge in [-0.25, -0.2) is 0 Å². The third kappa shape index (κ3) is 2.13. The molecule has 0 bridgehead atoms. The van der Waals surface area contributed by atoms with Gasteiger partial charge in [0.25, 0.3) is 0 Å². The van der Waals surface area contributed by atoms with E-state index in [1.165, 1.54) is 25.7 Å². The summed E-state index contributed by atoms with van der Waals surface area (Å²) in [6.07, 6.45) is 7.69. The number of fused-ring (bicyclic) bond motifs is 1. The maximum atomic E-state index is 9.62. The van der Waals surface area contributed by atoms with Gasteiger partial charge in [0.1, 0.15) is 0 Å². The van der Waals surface area contributed by atoms with Crippen molar-refractivity contribution in [2.75, 3.05) is 0 Å². The lowest BCUT2D eigenvalue weighted by Gasteiger charge is -2.42. The molecule has 2 aliphatic carbocycles. The minimum Gasteiger partial charge on any atom is -0.393 e. The molecule has 0 aliphatic heterocycles. The van der Waals surface area contributed by atoms with Crippen LogP contribution in [-0.4, -0.2) is 11.2 Å². The molecule has 0 amide bonds. The van der Waals surface area contributed by atoms with E-state index in [0.717, 1.165) is 36.5 Å². The van der Waals surface area contributed by atoms with Crippen LogP contribution in [0.5, 0.6) is 0 Å². The Hall–Kier alpha value is -0.0400. The van der Waals surface area contributed by atoms with Crippen LogP contribution in [0.3, 0.4) is 0 Å². The van der Waals surface area contributed by atoms with Gasteiger partial charge in [-0.15, -0.1) is 0 Å². The lowest BCUT2D eigenvalue weighted by molar-refractivity contribution is 0.0282. The molecule has 0 aromatic carbocycles. The molecular weight excluding hydrogens is 172 g/mol. The number of aliphatic hydroxyl groups is 1. The lowest BCUT2D eigenvalue weighted by atomic mass is 9.65. The van der Waals surface area contributed by atoms with Crippen LogP contribution in [0, 0.1) is 23.7 Å². The fraction of sp³-hybridized carbons (Fsp3) is 1.00. The van der Waals surface area contributed by atoms with E-state index in [4.69, 9.17) is 0 Å². The molecule has 1 N–H and O–H groups in total. The predicted octanol–water partition coefficient (Wildman–Crippen LogP) is 3.22. The third-order valence-corrected chi connectivity index (χ3v) is 4.57. The van der Waals surface area contributed by atoms with Gasteiger partial charge in [0, 0.05) is 0 Å². The molecule has 1 heteroatoms. The Morgan fingerprint density at radius 1 is 0.929 bits per heavy atom. The summed E-state index contributed by atoms with van der Waals surface area (Å²) >= 11 is 0. The first-order valence-corrected chi connectivity index (χ1v) is 6.35. The van der Waals surface area contributed by atoms with Crippen LogP contribution < -0.4 is 0 Å². The number of aliphatic hydroxyl groups excluding tert-OH is 1. The highest BCUT2D eigenvalue weighted by Gasteiger charge is 2.35. The number of rotatable bonds is 1. The molecule has 2 fully saturated rings. The van der Waals surface area contributed by atoms with E-state index in [0.29, 0.717) is 0 Å². The zero-order valence-corrected chi connectivity index (χ0v) is 9.58. The van der Waals surface area contributed by atoms with Crippen molar-refractivity contribution >= 4 is 0 Å². The fourth-order valence-electron chi connectivity index (χ4n) is 3.51. The molecule has 2 saturated carbocycles. The summed E-state index contributed by atoms with van der Waals surface area (Å²) in [6, 6.07) is 0. The van der Waals surface area contributed by atoms with Crippen molar-refractivity contribution in [2.24, 2.45) is 23.7 Å². The Kier molecular flexibility index (Phi) is 3.16. The Bertz CT molecular complexity index is 188. The van der Waals surface area contributed by atoms with Gasteiger partial charge in [-0.3, -0.25) is 0 Å². The highest BCUT2D eigenvalue weighted by Crippen LogP contribution is 2.44. The molecule has 0 radical (unpaired) electrons. The van der Waals surface area contributed by atoms with Gasteiger partial charge in [0.05, 0.1) is 6.10 Å². The van der Waals surface area contributed by atoms with Gasteiger partial charge >= 0.3 is 0 Å². The predicted molar refractivity (Wildman–Crippen MR) is 59.0 cm³/mol. The van der Waals surface area contributed by atoms with Crippen molar-refractivity contribution in [3.05, 3.63) is 0 Å². The summed E-state index contributed by atoms with van der Waals surface area (Å²) in [5, 5.41) is 9.62. The molecule has 1 nitrogen and oxygen atoms in total. The van der Waals surface area contributed by atoms with E-state index >= 15 is 0 Å². The first kappa shape index (κ1) is 10.5. The van der Waals surface area contributed by atoms with E-state index in [1.54, 1.807) is 0 Å². The monoisotopic (exact) mass is 196 g/mol. The van der Waals surface area contributed by atoms with Crippen LogP contribution in [0.4, 0.5) is 0 Å². The van der Waals surface area contributed by atoms with Crippen molar-refractivity contribution in [1.82, 2.24) is 0 Å². The van der Waals surface area contributed by atoms with Crippen molar-refractivity contribution in [3.63, 3.8) is 0 Å². The summed E-state index contributed by atoms with van der Waals surface area (Å²) in [5.41, 5.74) is 0. The molecule has 0 spiro atoms. The van der Waals surface area contributed by atoms with Crippen molar-refractivity contribution in [3.8, 4) is 0 Å². The Morgan fingerprint density at radius 3 is 2.29 bits per heavy atom. The summed E-state index contributed by atoms with van der Waals surface area (Å²) in [4.78, 5) is 0. The minimum atomic E-state index is 0.0202. The lowest BCUT2D eigenvalue weighted by Crippen LogP contribution is -2.34. The van der Waals surface area contributed by atoms with E-state index in [1.807, 2.05) is 0 Å². The molecule has 4 atom stereocenters. The maximum Gasteiger partial charge on any atom is 0.0543 e. The molecule has 0 aromatic rings. The number of hydrogen-bond acceptors (Lipinski definition) is 1. The van der Waals surface area contributed by atoms with Crippen LogP contribution in [0.15, 0.2) is 0 Å². The SMILES string of the molecule is CC(C)[C@H]1CC[C@@H]2C[C@H](O)CC[C@H]2C1. The second-order valence-electron chi connectivity index (χ2n) is 5.80. The molecule has 82 valence electrons. The summed E-state index contributed by atoms with van der Waals surface area (Å²) in [7, 11) is 0. The van der Waals surface area contributed by atoms with Gasteiger partial charge in [-0.05, 0) is 62.2 Å². The van der Waals surface area contributed by atoms with E-state index in [2.05, 4.69) is 13.8 Å². The van der Waals surface area contributed by atoms with Gasteiger partial charge in [0.15, 0.2) is 0 Å². The maximum absolute atomic E-state index is 9.62. The molecule has 0 saturated heterocycles. The largest absolute Gasteiger partial charge is 0.393 e. The fourth-order valence-corrected chi connectivity index (χ4v) is 3.51. The van der Waals surface area contributed by atoms with Gasteiger partial charge < -0.3 is 5.11 Å². The summed E-state index contributed by atoms with van der Waals surface area (Å²) in [6.45, 7) is 4.73. The zero-order valence-electron chi connectivity index (χ0n) is 9.58. The first-order valence-electron chi connectivity index (χ1n) is 6.35. The molecule has 14 heavy (non-hydrogen) atoms. The molecular formula is C13H24O. The van der Waals surface area contributed by atoms with Gasteiger partial charge in [-0.1, -0.05) is 13.8 Å². The van der Waals surface area contributed by atoms with Crippen LogP contribution in [0.2, 0.25) is 0 Å². The Morgan fingerprint density at radius 2 is 1.57 bits per heavy atom. The average molecular weight is 196 g/mol. The van der Waals surface area contributed by atoms with Crippen LogP contribution in [0.1, 0.15) is 52.4 Å². The smallest absolute Gasteiger partial charge is 0.0543 e. The molecule has 0 aromatic heterocycles. The Balaban J connectivity index is 1.91. The quantitative estimate of drug-likeness (QED) is 0.682. The Labute approximate surface area is 87.9 Å². The van der Waals surface area contributed by atoms with E-state index in [-0.39, 0.29) is 6.10 Å². The van der Waals surface area contributed by atoms with Crippen molar-refractivity contribution in [1.29, 1.82) is 0 Å². The highest BCUT2D eigenvalue weighted by molar-refractivity contribution is 4.86. The second-order valence-corrected chi connectivity index (χ2v) is 5.80. The summed E-state index contributed by atoms with van der Waals surface area (Å²) in [5.74, 6) is 3.63. The number of hydrogen-bond donors (Lipinski definition) is 1. The minimum absolute atomic E-state index is 0.0202. The van der Waals surface area contributed by atoms with Gasteiger partial charge in [0.2, 0.25) is 0 Å². The molecule has 0 heterocycles.